The molecule has 0 aliphatic rings. The van der Waals surface area contributed by atoms with Gasteiger partial charge in [-0.05, 0) is 20.3 Å². The van der Waals surface area contributed by atoms with Crippen molar-refractivity contribution in [2.75, 3.05) is 27.3 Å². The lowest BCUT2D eigenvalue weighted by Gasteiger charge is -2.27. The van der Waals surface area contributed by atoms with Gasteiger partial charge in [0.05, 0.1) is 11.6 Å². The van der Waals surface area contributed by atoms with E-state index in [1.54, 1.807) is 28.0 Å². The van der Waals surface area contributed by atoms with Crippen molar-refractivity contribution in [3.8, 4) is 0 Å². The number of nitrogens with two attached hydrogens (primary N) is 1. The molecule has 0 aromatic rings. The van der Waals surface area contributed by atoms with Crippen molar-refractivity contribution >= 4 is 5.91 Å². The minimum Gasteiger partial charge on any atom is -0.389 e. The smallest absolute Gasteiger partial charge is 0.239 e. The highest BCUT2D eigenvalue weighted by molar-refractivity contribution is 5.81. The first kappa shape index (κ1) is 14.3. The van der Waals surface area contributed by atoms with Gasteiger partial charge in [0, 0.05) is 27.3 Å². The molecule has 0 aliphatic heterocycles. The maximum absolute atomic E-state index is 11.7. The molecule has 0 aromatic heterocycles. The van der Waals surface area contributed by atoms with Crippen LogP contribution in [0.1, 0.15) is 20.3 Å². The zero-order valence-electron chi connectivity index (χ0n) is 9.99. The maximum Gasteiger partial charge on any atom is 0.239 e. The molecular weight excluding hydrogens is 196 g/mol. The van der Waals surface area contributed by atoms with Gasteiger partial charge in [-0.2, -0.15) is 0 Å². The van der Waals surface area contributed by atoms with E-state index in [0.29, 0.717) is 13.0 Å². The molecule has 1 atom stereocenters. The van der Waals surface area contributed by atoms with Crippen molar-refractivity contribution in [2.24, 2.45) is 5.73 Å². The highest BCUT2D eigenvalue weighted by atomic mass is 16.5. The van der Waals surface area contributed by atoms with Crippen LogP contribution < -0.4 is 5.73 Å². The number of likely N-dealkylation sites (N-methyl/N-ethyl adjacent to an activating group) is 1. The molecule has 0 bridgehead atoms. The average Bonchev–Trinajstić information content (AvgIpc) is 2.10. The van der Waals surface area contributed by atoms with Gasteiger partial charge in [0.2, 0.25) is 5.91 Å². The first-order chi connectivity index (χ1) is 6.78. The molecule has 1 amide bonds. The van der Waals surface area contributed by atoms with E-state index in [1.165, 1.54) is 4.90 Å². The highest BCUT2D eigenvalue weighted by Crippen LogP contribution is 2.05. The Kier molecular flexibility index (Phi) is 5.79. The molecule has 0 radical (unpaired) electrons. The second-order valence-corrected chi connectivity index (χ2v) is 4.39. The van der Waals surface area contributed by atoms with E-state index < -0.39 is 11.6 Å². The lowest BCUT2D eigenvalue weighted by Crippen LogP contribution is -2.47. The Morgan fingerprint density at radius 2 is 2.13 bits per heavy atom. The van der Waals surface area contributed by atoms with E-state index in [-0.39, 0.29) is 12.5 Å². The van der Waals surface area contributed by atoms with Gasteiger partial charge in [-0.25, -0.2) is 0 Å². The van der Waals surface area contributed by atoms with Crippen LogP contribution in [0.15, 0.2) is 0 Å². The van der Waals surface area contributed by atoms with E-state index in [4.69, 9.17) is 10.5 Å². The van der Waals surface area contributed by atoms with E-state index in [1.807, 2.05) is 0 Å². The Labute approximate surface area is 91.2 Å². The molecule has 0 aromatic carbocycles. The Morgan fingerprint density at radius 3 is 2.53 bits per heavy atom. The van der Waals surface area contributed by atoms with Crippen molar-refractivity contribution in [1.29, 1.82) is 0 Å². The van der Waals surface area contributed by atoms with Gasteiger partial charge in [-0.3, -0.25) is 4.79 Å². The van der Waals surface area contributed by atoms with E-state index in [9.17, 15) is 9.90 Å². The molecule has 3 N–H and O–H groups in total. The average molecular weight is 218 g/mol. The largest absolute Gasteiger partial charge is 0.389 e. The number of ether oxygens (including phenoxy) is 1. The third-order valence-electron chi connectivity index (χ3n) is 1.95. The van der Waals surface area contributed by atoms with Crippen molar-refractivity contribution in [3.63, 3.8) is 0 Å². The van der Waals surface area contributed by atoms with Crippen LogP contribution in [0.2, 0.25) is 0 Å². The summed E-state index contributed by atoms with van der Waals surface area (Å²) in [6, 6.07) is -0.558. The van der Waals surface area contributed by atoms with Crippen LogP contribution in [0.25, 0.3) is 0 Å². The number of carbonyl (C=O) groups is 1. The number of aliphatic hydroxyl groups is 1. The molecule has 90 valence electrons. The van der Waals surface area contributed by atoms with Gasteiger partial charge in [0.15, 0.2) is 0 Å². The summed E-state index contributed by atoms with van der Waals surface area (Å²) < 4.78 is 4.84. The zero-order chi connectivity index (χ0) is 12.1. The molecule has 5 heteroatoms. The Balaban J connectivity index is 4.08. The molecule has 0 rings (SSSR count). The summed E-state index contributed by atoms with van der Waals surface area (Å²) in [6.07, 6.45) is 0.492. The minimum absolute atomic E-state index is 0.172. The van der Waals surface area contributed by atoms with E-state index >= 15 is 0 Å². The number of methoxy groups -OCH3 is 1. The van der Waals surface area contributed by atoms with Gasteiger partial charge in [0.1, 0.15) is 0 Å². The third-order valence-corrected chi connectivity index (χ3v) is 1.95. The molecule has 1 unspecified atom stereocenters. The fraction of sp³-hybridized carbons (Fsp3) is 0.900. The van der Waals surface area contributed by atoms with Gasteiger partial charge < -0.3 is 20.5 Å². The standard InChI is InChI=1S/C10H22N2O3/c1-10(2,14)7-12(3)9(13)8(11)5-6-15-4/h8,14H,5-7,11H2,1-4H3. The summed E-state index contributed by atoms with van der Waals surface area (Å²) in [6.45, 7) is 4.03. The molecule has 0 spiro atoms. The molecule has 0 saturated heterocycles. The van der Waals surface area contributed by atoms with Crippen LogP contribution in [0.3, 0.4) is 0 Å². The number of nitrogens with zero attached hydrogens (tertiary/aromatic N) is 1. The number of amides is 1. The highest BCUT2D eigenvalue weighted by Gasteiger charge is 2.23. The summed E-state index contributed by atoms with van der Waals surface area (Å²) in [7, 11) is 3.20. The molecule has 15 heavy (non-hydrogen) atoms. The van der Waals surface area contributed by atoms with Crippen molar-refractivity contribution in [2.45, 2.75) is 31.9 Å². The monoisotopic (exact) mass is 218 g/mol. The fourth-order valence-electron chi connectivity index (χ4n) is 1.31. The summed E-state index contributed by atoms with van der Waals surface area (Å²) in [5, 5.41) is 9.54. The van der Waals surface area contributed by atoms with Crippen molar-refractivity contribution < 1.29 is 14.6 Å². The maximum atomic E-state index is 11.7. The van der Waals surface area contributed by atoms with E-state index in [2.05, 4.69) is 0 Å². The SMILES string of the molecule is COCCC(N)C(=O)N(C)CC(C)(C)O. The first-order valence-corrected chi connectivity index (χ1v) is 5.00. The molecule has 0 heterocycles. The summed E-state index contributed by atoms with van der Waals surface area (Å²) in [5.74, 6) is -0.172. The molecule has 0 saturated carbocycles. The normalized spacial score (nSPS) is 13.7. The zero-order valence-corrected chi connectivity index (χ0v) is 9.99. The Morgan fingerprint density at radius 1 is 1.60 bits per heavy atom. The van der Waals surface area contributed by atoms with Gasteiger partial charge in [-0.15, -0.1) is 0 Å². The number of hydrogen-bond acceptors (Lipinski definition) is 4. The quantitative estimate of drug-likeness (QED) is 0.635. The van der Waals surface area contributed by atoms with E-state index in [0.717, 1.165) is 0 Å². The second-order valence-electron chi connectivity index (χ2n) is 4.39. The van der Waals surface area contributed by atoms with Gasteiger partial charge in [0.25, 0.3) is 0 Å². The predicted octanol–water partition coefficient (Wildman–Crippen LogP) is -0.420. The van der Waals surface area contributed by atoms with Crippen LogP contribution in [0.4, 0.5) is 0 Å². The lowest BCUT2D eigenvalue weighted by atomic mass is 10.1. The van der Waals surface area contributed by atoms with Gasteiger partial charge in [-0.1, -0.05) is 0 Å². The molecule has 0 fully saturated rings. The molecule has 0 aliphatic carbocycles. The van der Waals surface area contributed by atoms with Crippen LogP contribution in [-0.2, 0) is 9.53 Å². The molecule has 5 nitrogen and oxygen atoms in total. The minimum atomic E-state index is -0.897. The second kappa shape index (κ2) is 6.05. The summed E-state index contributed by atoms with van der Waals surface area (Å²) in [4.78, 5) is 13.1. The van der Waals surface area contributed by atoms with Crippen LogP contribution in [-0.4, -0.2) is 54.9 Å². The Bertz CT molecular complexity index is 201. The third kappa shape index (κ3) is 6.43. The lowest BCUT2D eigenvalue weighted by molar-refractivity contribution is -0.134. The van der Waals surface area contributed by atoms with Crippen LogP contribution in [0.5, 0.6) is 0 Å². The number of carbonyl (C=O) groups excluding carboxylic acids is 1. The van der Waals surface area contributed by atoms with Crippen LogP contribution >= 0.6 is 0 Å². The predicted molar refractivity (Wildman–Crippen MR) is 58.4 cm³/mol. The topological polar surface area (TPSA) is 75.8 Å². The fourth-order valence-corrected chi connectivity index (χ4v) is 1.31. The first-order valence-electron chi connectivity index (χ1n) is 5.00. The molecular formula is C10H22N2O3. The number of hydrogen-bond donors (Lipinski definition) is 2. The van der Waals surface area contributed by atoms with Crippen molar-refractivity contribution in [3.05, 3.63) is 0 Å². The Hall–Kier alpha value is -0.650. The summed E-state index contributed by atoms with van der Waals surface area (Å²) in [5.41, 5.74) is 4.77. The van der Waals surface area contributed by atoms with Gasteiger partial charge >= 0.3 is 0 Å². The summed E-state index contributed by atoms with van der Waals surface area (Å²) >= 11 is 0. The number of rotatable bonds is 6. The van der Waals surface area contributed by atoms with Crippen LogP contribution in [0, 0.1) is 0 Å². The van der Waals surface area contributed by atoms with Crippen molar-refractivity contribution in [1.82, 2.24) is 4.90 Å².